The lowest BCUT2D eigenvalue weighted by Gasteiger charge is -2.09. The van der Waals surface area contributed by atoms with E-state index in [1.54, 1.807) is 12.1 Å². The van der Waals surface area contributed by atoms with E-state index < -0.39 is 0 Å². The number of para-hydroxylation sites is 2. The van der Waals surface area contributed by atoms with Gasteiger partial charge in [0.2, 0.25) is 0 Å². The van der Waals surface area contributed by atoms with Crippen LogP contribution in [-0.4, -0.2) is 9.91 Å². The first-order valence-electron chi connectivity index (χ1n) is 8.40. The predicted molar refractivity (Wildman–Crippen MR) is 105 cm³/mol. The fourth-order valence-corrected chi connectivity index (χ4v) is 3.80. The maximum Gasteiger partial charge on any atom is 0.277 e. The van der Waals surface area contributed by atoms with Crippen molar-refractivity contribution in [2.45, 2.75) is 0 Å². The molecule has 0 saturated heterocycles. The summed E-state index contributed by atoms with van der Waals surface area (Å²) in [6, 6.07) is 25.3. The molecular weight excluding hydrogens is 324 g/mol. The summed E-state index contributed by atoms with van der Waals surface area (Å²) in [4.78, 5) is 14.8. The molecule has 5 rings (SSSR count). The highest BCUT2D eigenvalue weighted by atomic mass is 16.6. The van der Waals surface area contributed by atoms with Gasteiger partial charge in [0.05, 0.1) is 15.8 Å². The SMILES string of the molecule is O=[N+]([O-])c1cccc2cccc(-c3cccc4c3[nH]c3ccccc34)c12. The molecule has 1 aromatic heterocycles. The van der Waals surface area contributed by atoms with E-state index in [4.69, 9.17) is 0 Å². The van der Waals surface area contributed by atoms with Crippen LogP contribution in [0.25, 0.3) is 43.7 Å². The van der Waals surface area contributed by atoms with Crippen LogP contribution < -0.4 is 0 Å². The lowest BCUT2D eigenvalue weighted by atomic mass is 9.95. The molecule has 0 amide bonds. The second-order valence-electron chi connectivity index (χ2n) is 6.34. The van der Waals surface area contributed by atoms with E-state index >= 15 is 0 Å². The van der Waals surface area contributed by atoms with Crippen molar-refractivity contribution in [2.24, 2.45) is 0 Å². The zero-order valence-corrected chi connectivity index (χ0v) is 13.8. The number of rotatable bonds is 2. The number of non-ortho nitro benzene ring substituents is 1. The highest BCUT2D eigenvalue weighted by Crippen LogP contribution is 2.39. The smallest absolute Gasteiger partial charge is 0.277 e. The van der Waals surface area contributed by atoms with Crippen molar-refractivity contribution < 1.29 is 4.92 Å². The first-order chi connectivity index (χ1) is 12.7. The molecule has 0 aliphatic carbocycles. The van der Waals surface area contributed by atoms with Gasteiger partial charge in [-0.3, -0.25) is 10.1 Å². The Hall–Kier alpha value is -3.66. The summed E-state index contributed by atoms with van der Waals surface area (Å²) in [6.45, 7) is 0. The van der Waals surface area contributed by atoms with Crippen molar-refractivity contribution in [3.8, 4) is 11.1 Å². The van der Waals surface area contributed by atoms with Gasteiger partial charge in [-0.15, -0.1) is 0 Å². The summed E-state index contributed by atoms with van der Waals surface area (Å²) >= 11 is 0. The van der Waals surface area contributed by atoms with Gasteiger partial charge in [0.1, 0.15) is 0 Å². The average Bonchev–Trinajstić information content (AvgIpc) is 3.06. The van der Waals surface area contributed by atoms with Crippen molar-refractivity contribution in [2.75, 3.05) is 0 Å². The van der Waals surface area contributed by atoms with Gasteiger partial charge < -0.3 is 4.98 Å². The zero-order chi connectivity index (χ0) is 17.7. The van der Waals surface area contributed by atoms with Crippen LogP contribution in [0.5, 0.6) is 0 Å². The molecule has 4 aromatic carbocycles. The summed E-state index contributed by atoms with van der Waals surface area (Å²) in [5.74, 6) is 0. The van der Waals surface area contributed by atoms with Gasteiger partial charge in [-0.2, -0.15) is 0 Å². The predicted octanol–water partition coefficient (Wildman–Crippen LogP) is 6.05. The highest BCUT2D eigenvalue weighted by Gasteiger charge is 2.18. The molecule has 5 aromatic rings. The monoisotopic (exact) mass is 338 g/mol. The van der Waals surface area contributed by atoms with Gasteiger partial charge in [-0.05, 0) is 17.0 Å². The molecule has 1 heterocycles. The quantitative estimate of drug-likeness (QED) is 0.315. The van der Waals surface area contributed by atoms with Crippen LogP contribution in [0.2, 0.25) is 0 Å². The van der Waals surface area contributed by atoms with Gasteiger partial charge in [-0.1, -0.05) is 66.7 Å². The van der Waals surface area contributed by atoms with Gasteiger partial charge >= 0.3 is 0 Å². The molecule has 0 atom stereocenters. The molecule has 0 spiro atoms. The highest BCUT2D eigenvalue weighted by molar-refractivity contribution is 6.15. The van der Waals surface area contributed by atoms with Crippen molar-refractivity contribution in [3.63, 3.8) is 0 Å². The largest absolute Gasteiger partial charge is 0.354 e. The summed E-state index contributed by atoms with van der Waals surface area (Å²) < 4.78 is 0. The fraction of sp³-hybridized carbons (Fsp3) is 0. The Bertz CT molecular complexity index is 1310. The third-order valence-electron chi connectivity index (χ3n) is 4.91. The van der Waals surface area contributed by atoms with Gasteiger partial charge in [0, 0.05) is 27.9 Å². The third kappa shape index (κ3) is 2.02. The minimum Gasteiger partial charge on any atom is -0.354 e. The van der Waals surface area contributed by atoms with Crippen LogP contribution in [0.15, 0.2) is 78.9 Å². The molecule has 124 valence electrons. The molecule has 4 nitrogen and oxygen atoms in total. The maximum atomic E-state index is 11.6. The number of hydrogen-bond acceptors (Lipinski definition) is 2. The average molecular weight is 338 g/mol. The van der Waals surface area contributed by atoms with Crippen molar-refractivity contribution in [3.05, 3.63) is 89.0 Å². The van der Waals surface area contributed by atoms with Crippen LogP contribution in [0.4, 0.5) is 5.69 Å². The molecule has 26 heavy (non-hydrogen) atoms. The first kappa shape index (κ1) is 14.7. The molecule has 0 radical (unpaired) electrons. The number of benzene rings is 4. The lowest BCUT2D eigenvalue weighted by molar-refractivity contribution is -0.383. The Morgan fingerprint density at radius 1 is 0.731 bits per heavy atom. The van der Waals surface area contributed by atoms with Crippen molar-refractivity contribution >= 4 is 38.3 Å². The summed E-state index contributed by atoms with van der Waals surface area (Å²) in [5, 5.41) is 15.4. The van der Waals surface area contributed by atoms with Gasteiger partial charge in [0.15, 0.2) is 0 Å². The van der Waals surface area contributed by atoms with E-state index in [-0.39, 0.29) is 10.6 Å². The first-order valence-corrected chi connectivity index (χ1v) is 8.40. The van der Waals surface area contributed by atoms with E-state index in [2.05, 4.69) is 17.1 Å². The number of nitro benzene ring substituents is 1. The van der Waals surface area contributed by atoms with Crippen LogP contribution in [0.3, 0.4) is 0 Å². The standard InChI is InChI=1S/C22H14N2O2/c25-24(26)20-13-4-7-14-6-3-9-16(21(14)20)18-11-5-10-17-15-8-1-2-12-19(15)23-22(17)18/h1-13,23H. The summed E-state index contributed by atoms with van der Waals surface area (Å²) in [5.41, 5.74) is 4.03. The normalized spacial score (nSPS) is 11.4. The van der Waals surface area contributed by atoms with E-state index in [1.807, 2.05) is 54.6 Å². The Labute approximate surface area is 148 Å². The molecule has 0 bridgehead atoms. The molecular formula is C22H14N2O2. The minimum atomic E-state index is -0.308. The molecule has 0 aliphatic rings. The van der Waals surface area contributed by atoms with E-state index in [0.717, 1.165) is 38.3 Å². The second-order valence-corrected chi connectivity index (χ2v) is 6.34. The van der Waals surface area contributed by atoms with E-state index in [1.165, 1.54) is 0 Å². The fourth-order valence-electron chi connectivity index (χ4n) is 3.80. The maximum absolute atomic E-state index is 11.6. The van der Waals surface area contributed by atoms with Crippen LogP contribution in [-0.2, 0) is 0 Å². The topological polar surface area (TPSA) is 58.9 Å². The molecule has 0 saturated carbocycles. The summed E-state index contributed by atoms with van der Waals surface area (Å²) in [7, 11) is 0. The summed E-state index contributed by atoms with van der Waals surface area (Å²) in [6.07, 6.45) is 0. The molecule has 1 N–H and O–H groups in total. The minimum absolute atomic E-state index is 0.131. The molecule has 0 aliphatic heterocycles. The number of fused-ring (bicyclic) bond motifs is 4. The number of nitrogens with one attached hydrogen (secondary N) is 1. The number of nitrogens with zero attached hydrogens (tertiary/aromatic N) is 1. The third-order valence-corrected chi connectivity index (χ3v) is 4.91. The van der Waals surface area contributed by atoms with Crippen LogP contribution in [0, 0.1) is 10.1 Å². The van der Waals surface area contributed by atoms with Crippen molar-refractivity contribution in [1.82, 2.24) is 4.98 Å². The van der Waals surface area contributed by atoms with Crippen LogP contribution >= 0.6 is 0 Å². The van der Waals surface area contributed by atoms with Gasteiger partial charge in [0.25, 0.3) is 5.69 Å². The number of hydrogen-bond donors (Lipinski definition) is 1. The Morgan fingerprint density at radius 3 is 2.27 bits per heavy atom. The number of nitro groups is 1. The molecule has 0 fully saturated rings. The molecule has 0 unspecified atom stereocenters. The molecule has 4 heteroatoms. The van der Waals surface area contributed by atoms with E-state index in [9.17, 15) is 10.1 Å². The Balaban J connectivity index is 1.94. The van der Waals surface area contributed by atoms with Gasteiger partial charge in [-0.25, -0.2) is 0 Å². The zero-order valence-electron chi connectivity index (χ0n) is 13.8. The number of aromatic nitrogens is 1. The lowest BCUT2D eigenvalue weighted by Crippen LogP contribution is -1.92. The second kappa shape index (κ2) is 5.43. The number of aromatic amines is 1. The van der Waals surface area contributed by atoms with E-state index in [0.29, 0.717) is 5.39 Å². The van der Waals surface area contributed by atoms with Crippen molar-refractivity contribution in [1.29, 1.82) is 0 Å². The Morgan fingerprint density at radius 2 is 1.42 bits per heavy atom. The Kier molecular flexibility index (Phi) is 3.06. The number of H-pyrrole nitrogens is 1. The van der Waals surface area contributed by atoms with Crippen LogP contribution in [0.1, 0.15) is 0 Å².